The van der Waals surface area contributed by atoms with Crippen molar-refractivity contribution in [3.63, 3.8) is 0 Å². The minimum absolute atomic E-state index is 0.186. The van der Waals surface area contributed by atoms with Crippen molar-refractivity contribution in [1.82, 2.24) is 19.0 Å². The first kappa shape index (κ1) is 18.2. The molecule has 0 saturated carbocycles. The highest BCUT2D eigenvalue weighted by atomic mass is 16.4. The van der Waals surface area contributed by atoms with Crippen LogP contribution in [0.5, 0.6) is 0 Å². The first-order valence-corrected chi connectivity index (χ1v) is 10.4. The Balaban J connectivity index is 1.35. The molecule has 5 rings (SSSR count). The van der Waals surface area contributed by atoms with E-state index in [4.69, 9.17) is 9.40 Å². The molecule has 2 aromatic heterocycles. The summed E-state index contributed by atoms with van der Waals surface area (Å²) in [5, 5.41) is 0. The predicted molar refractivity (Wildman–Crippen MR) is 114 cm³/mol. The Morgan fingerprint density at radius 3 is 2.48 bits per heavy atom. The molecule has 6 nitrogen and oxygen atoms in total. The average molecular weight is 390 g/mol. The van der Waals surface area contributed by atoms with Crippen molar-refractivity contribution in [2.75, 3.05) is 13.1 Å². The third-order valence-corrected chi connectivity index (χ3v) is 5.99. The molecular formula is C23H26N4O2. The number of fused-ring (bicyclic) bond motifs is 2. The highest BCUT2D eigenvalue weighted by Gasteiger charge is 2.25. The smallest absolute Gasteiger partial charge is 0.408 e. The van der Waals surface area contributed by atoms with Crippen LogP contribution < -0.4 is 5.76 Å². The molecule has 1 aliphatic rings. The van der Waals surface area contributed by atoms with Gasteiger partial charge in [-0.3, -0.25) is 9.47 Å². The zero-order chi connectivity index (χ0) is 20.0. The molecule has 6 heteroatoms. The number of hydrogen-bond acceptors (Lipinski definition) is 4. The summed E-state index contributed by atoms with van der Waals surface area (Å²) in [4.78, 5) is 19.8. The Kier molecular flexibility index (Phi) is 4.51. The number of hydrogen-bond donors (Lipinski definition) is 0. The second-order valence-electron chi connectivity index (χ2n) is 8.19. The Labute approximate surface area is 169 Å². The van der Waals surface area contributed by atoms with Crippen molar-refractivity contribution < 1.29 is 4.42 Å². The summed E-state index contributed by atoms with van der Waals surface area (Å²) < 4.78 is 9.62. The van der Waals surface area contributed by atoms with Gasteiger partial charge in [0.2, 0.25) is 0 Å². The van der Waals surface area contributed by atoms with Crippen LogP contribution in [0.25, 0.3) is 22.1 Å². The summed E-state index contributed by atoms with van der Waals surface area (Å²) in [7, 11) is 0. The maximum absolute atomic E-state index is 12.4. The number of benzene rings is 2. The first-order valence-electron chi connectivity index (χ1n) is 10.4. The van der Waals surface area contributed by atoms with Crippen molar-refractivity contribution in [3.05, 3.63) is 64.9 Å². The summed E-state index contributed by atoms with van der Waals surface area (Å²) in [6.45, 7) is 7.14. The number of nitrogens with zero attached hydrogens (tertiary/aromatic N) is 4. The van der Waals surface area contributed by atoms with Crippen molar-refractivity contribution in [3.8, 4) is 0 Å². The molecule has 2 aromatic carbocycles. The molecule has 0 bridgehead atoms. The maximum atomic E-state index is 12.4. The highest BCUT2D eigenvalue weighted by molar-refractivity contribution is 5.76. The molecule has 0 spiro atoms. The predicted octanol–water partition coefficient (Wildman–Crippen LogP) is 4.36. The molecule has 0 atom stereocenters. The third kappa shape index (κ3) is 3.17. The van der Waals surface area contributed by atoms with Gasteiger partial charge < -0.3 is 8.98 Å². The zero-order valence-electron chi connectivity index (χ0n) is 16.9. The van der Waals surface area contributed by atoms with Gasteiger partial charge in [0.1, 0.15) is 5.82 Å². The summed E-state index contributed by atoms with van der Waals surface area (Å²) >= 11 is 0. The second kappa shape index (κ2) is 7.19. The van der Waals surface area contributed by atoms with Crippen LogP contribution in [-0.4, -0.2) is 32.1 Å². The molecule has 0 radical (unpaired) electrons. The van der Waals surface area contributed by atoms with E-state index in [9.17, 15) is 4.79 Å². The molecule has 150 valence electrons. The number of imidazole rings is 1. The largest absolute Gasteiger partial charge is 0.420 e. The summed E-state index contributed by atoms with van der Waals surface area (Å²) in [6, 6.07) is 16.6. The van der Waals surface area contributed by atoms with Crippen LogP contribution in [0, 0.1) is 0 Å². The molecule has 1 aliphatic heterocycles. The molecule has 0 unspecified atom stereocenters. The minimum atomic E-state index is -0.244. The molecule has 29 heavy (non-hydrogen) atoms. The van der Waals surface area contributed by atoms with Gasteiger partial charge in [-0.1, -0.05) is 24.3 Å². The van der Waals surface area contributed by atoms with Gasteiger partial charge in [-0.15, -0.1) is 0 Å². The number of oxazole rings is 1. The fourth-order valence-corrected chi connectivity index (χ4v) is 4.65. The lowest BCUT2D eigenvalue weighted by Crippen LogP contribution is -2.37. The maximum Gasteiger partial charge on any atom is 0.420 e. The van der Waals surface area contributed by atoms with Crippen LogP contribution in [0.1, 0.15) is 44.6 Å². The second-order valence-corrected chi connectivity index (χ2v) is 8.19. The van der Waals surface area contributed by atoms with Crippen LogP contribution in [0.15, 0.2) is 57.7 Å². The highest BCUT2D eigenvalue weighted by Crippen LogP contribution is 2.28. The molecule has 4 aromatic rings. The molecule has 1 saturated heterocycles. The Bertz CT molecular complexity index is 1210. The van der Waals surface area contributed by atoms with E-state index in [1.54, 1.807) is 0 Å². The van der Waals surface area contributed by atoms with E-state index in [0.29, 0.717) is 11.6 Å². The van der Waals surface area contributed by atoms with E-state index in [1.165, 1.54) is 5.52 Å². The topological polar surface area (TPSA) is 56.2 Å². The number of aromatic nitrogens is 3. The molecule has 0 amide bonds. The van der Waals surface area contributed by atoms with Gasteiger partial charge in [0, 0.05) is 25.2 Å². The van der Waals surface area contributed by atoms with Gasteiger partial charge in [-0.2, -0.15) is 0 Å². The van der Waals surface area contributed by atoms with Crippen LogP contribution in [0.3, 0.4) is 0 Å². The average Bonchev–Trinajstić information content (AvgIpc) is 3.25. The summed E-state index contributed by atoms with van der Waals surface area (Å²) in [6.07, 6.45) is 1.87. The number of para-hydroxylation sites is 4. The van der Waals surface area contributed by atoms with Gasteiger partial charge in [-0.05, 0) is 51.0 Å². The SMILES string of the molecule is CC(C)n1c(CN2CCC(n3c(=O)oc4ccccc43)CC2)nc2ccccc21. The quantitative estimate of drug-likeness (QED) is 0.519. The number of likely N-dealkylation sites (tertiary alicyclic amines) is 1. The van der Waals surface area contributed by atoms with Gasteiger partial charge in [0.15, 0.2) is 5.58 Å². The first-order chi connectivity index (χ1) is 14.1. The van der Waals surface area contributed by atoms with Gasteiger partial charge >= 0.3 is 5.76 Å². The lowest BCUT2D eigenvalue weighted by molar-refractivity contribution is 0.172. The zero-order valence-corrected chi connectivity index (χ0v) is 16.9. The fraction of sp³-hybridized carbons (Fsp3) is 0.391. The molecular weight excluding hydrogens is 364 g/mol. The minimum Gasteiger partial charge on any atom is -0.408 e. The van der Waals surface area contributed by atoms with E-state index in [-0.39, 0.29) is 11.8 Å². The molecule has 0 N–H and O–H groups in total. The molecule has 0 aliphatic carbocycles. The van der Waals surface area contributed by atoms with Crippen LogP contribution in [-0.2, 0) is 6.54 Å². The van der Waals surface area contributed by atoms with Gasteiger partial charge in [0.25, 0.3) is 0 Å². The standard InChI is InChI=1S/C23H26N4O2/c1-16(2)26-19-8-4-3-7-18(19)24-22(26)15-25-13-11-17(12-14-25)27-20-9-5-6-10-21(20)29-23(27)28/h3-10,16-17H,11-15H2,1-2H3. The van der Waals surface area contributed by atoms with E-state index >= 15 is 0 Å². The Hall–Kier alpha value is -2.86. The summed E-state index contributed by atoms with van der Waals surface area (Å²) in [5.74, 6) is 0.872. The molecule has 1 fully saturated rings. The number of rotatable bonds is 4. The van der Waals surface area contributed by atoms with E-state index in [0.717, 1.165) is 49.3 Å². The van der Waals surface area contributed by atoms with Crippen molar-refractivity contribution >= 4 is 22.1 Å². The van der Waals surface area contributed by atoms with Crippen LogP contribution in [0.4, 0.5) is 0 Å². The van der Waals surface area contributed by atoms with Gasteiger partial charge in [-0.25, -0.2) is 9.78 Å². The van der Waals surface area contributed by atoms with E-state index in [1.807, 2.05) is 34.9 Å². The normalized spacial score (nSPS) is 16.4. The van der Waals surface area contributed by atoms with Crippen LogP contribution >= 0.6 is 0 Å². The Morgan fingerprint density at radius 1 is 1.03 bits per heavy atom. The van der Waals surface area contributed by atoms with Crippen molar-refractivity contribution in [2.24, 2.45) is 0 Å². The lowest BCUT2D eigenvalue weighted by Gasteiger charge is -2.32. The van der Waals surface area contributed by atoms with Gasteiger partial charge in [0.05, 0.1) is 23.1 Å². The van der Waals surface area contributed by atoms with Crippen molar-refractivity contribution in [2.45, 2.75) is 45.3 Å². The summed E-state index contributed by atoms with van der Waals surface area (Å²) in [5.41, 5.74) is 3.83. The van der Waals surface area contributed by atoms with E-state index in [2.05, 4.69) is 41.5 Å². The van der Waals surface area contributed by atoms with E-state index < -0.39 is 0 Å². The monoisotopic (exact) mass is 390 g/mol. The fourth-order valence-electron chi connectivity index (χ4n) is 4.65. The van der Waals surface area contributed by atoms with Crippen LogP contribution in [0.2, 0.25) is 0 Å². The lowest BCUT2D eigenvalue weighted by atomic mass is 10.0. The number of piperidine rings is 1. The molecule has 3 heterocycles. The Morgan fingerprint density at radius 2 is 1.72 bits per heavy atom. The van der Waals surface area contributed by atoms with Crippen molar-refractivity contribution in [1.29, 1.82) is 0 Å². The third-order valence-electron chi connectivity index (χ3n) is 5.99.